The van der Waals surface area contributed by atoms with Gasteiger partial charge < -0.3 is 5.11 Å². The van der Waals surface area contributed by atoms with Gasteiger partial charge in [0, 0.05) is 35.3 Å². The molecule has 2 aromatic rings. The Hall–Kier alpha value is -1.16. The molecule has 0 spiro atoms. The first-order valence-electron chi connectivity index (χ1n) is 7.13. The molecule has 0 saturated carbocycles. The third kappa shape index (κ3) is 2.80. The molecule has 0 aliphatic carbocycles. The summed E-state index contributed by atoms with van der Waals surface area (Å²) in [6.45, 7) is 3.19. The van der Waals surface area contributed by atoms with E-state index in [9.17, 15) is 5.11 Å². The number of halogens is 1. The monoisotopic (exact) mass is 290 g/mol. The summed E-state index contributed by atoms with van der Waals surface area (Å²) in [4.78, 5) is 6.89. The zero-order valence-corrected chi connectivity index (χ0v) is 12.2. The predicted octanol–water partition coefficient (Wildman–Crippen LogP) is 3.09. The normalized spacial score (nSPS) is 17.7. The van der Waals surface area contributed by atoms with Gasteiger partial charge in [0.2, 0.25) is 0 Å². The summed E-state index contributed by atoms with van der Waals surface area (Å²) in [5.74, 6) is 0.465. The maximum Gasteiger partial charge on any atom is 0.0761 e. The molecule has 1 aliphatic rings. The van der Waals surface area contributed by atoms with E-state index >= 15 is 0 Å². The van der Waals surface area contributed by atoms with Crippen LogP contribution in [0, 0.1) is 5.92 Å². The van der Waals surface area contributed by atoms with E-state index in [1.54, 1.807) is 0 Å². The second kappa shape index (κ2) is 6.08. The van der Waals surface area contributed by atoms with E-state index in [2.05, 4.69) is 16.0 Å². The fraction of sp³-hybridized carbons (Fsp3) is 0.438. The van der Waals surface area contributed by atoms with Crippen LogP contribution in [-0.4, -0.2) is 34.7 Å². The van der Waals surface area contributed by atoms with Crippen molar-refractivity contribution < 1.29 is 5.11 Å². The van der Waals surface area contributed by atoms with E-state index in [4.69, 9.17) is 11.6 Å². The van der Waals surface area contributed by atoms with Crippen molar-refractivity contribution in [1.82, 2.24) is 9.88 Å². The van der Waals surface area contributed by atoms with Crippen molar-refractivity contribution in [3.05, 3.63) is 41.0 Å². The number of piperidine rings is 1. The molecule has 106 valence electrons. The van der Waals surface area contributed by atoms with Gasteiger partial charge in [0.1, 0.15) is 0 Å². The fourth-order valence-corrected chi connectivity index (χ4v) is 3.09. The number of hydrogen-bond acceptors (Lipinski definition) is 3. The first kappa shape index (κ1) is 13.8. The van der Waals surface area contributed by atoms with Gasteiger partial charge in [-0.1, -0.05) is 23.7 Å². The molecule has 1 aliphatic heterocycles. The molecule has 0 amide bonds. The Morgan fingerprint density at radius 3 is 2.80 bits per heavy atom. The number of likely N-dealkylation sites (tertiary alicyclic amines) is 1. The van der Waals surface area contributed by atoms with E-state index < -0.39 is 0 Å². The Labute approximate surface area is 124 Å². The molecule has 1 aromatic heterocycles. The minimum absolute atomic E-state index is 0.310. The average Bonchev–Trinajstić information content (AvgIpc) is 2.51. The highest BCUT2D eigenvalue weighted by Gasteiger charge is 2.20. The zero-order chi connectivity index (χ0) is 13.9. The number of aliphatic hydroxyl groups is 1. The molecule has 0 radical (unpaired) electrons. The topological polar surface area (TPSA) is 36.4 Å². The Kier molecular flexibility index (Phi) is 4.20. The summed E-state index contributed by atoms with van der Waals surface area (Å²) in [5.41, 5.74) is 2.12. The van der Waals surface area contributed by atoms with Crippen molar-refractivity contribution in [2.24, 2.45) is 5.92 Å². The molecule has 0 unspecified atom stereocenters. The maximum absolute atomic E-state index is 9.20. The third-order valence-corrected chi connectivity index (χ3v) is 4.52. The van der Waals surface area contributed by atoms with Crippen LogP contribution in [0.5, 0.6) is 0 Å². The number of benzene rings is 1. The second-order valence-corrected chi connectivity index (χ2v) is 5.91. The van der Waals surface area contributed by atoms with E-state index in [0.29, 0.717) is 12.5 Å². The van der Waals surface area contributed by atoms with Crippen LogP contribution >= 0.6 is 11.6 Å². The van der Waals surface area contributed by atoms with Gasteiger partial charge in [-0.3, -0.25) is 9.88 Å². The largest absolute Gasteiger partial charge is 0.396 e. The summed E-state index contributed by atoms with van der Waals surface area (Å²) in [6.07, 6.45) is 3.94. The van der Waals surface area contributed by atoms with Crippen molar-refractivity contribution in [3.8, 4) is 0 Å². The minimum Gasteiger partial charge on any atom is -0.396 e. The lowest BCUT2D eigenvalue weighted by Crippen LogP contribution is -2.34. The fourth-order valence-electron chi connectivity index (χ4n) is 2.88. The number of nitrogens with zero attached hydrogens (tertiary/aromatic N) is 2. The molecule has 0 atom stereocenters. The molecular formula is C16H19ClN2O. The minimum atomic E-state index is 0.310. The van der Waals surface area contributed by atoms with Crippen molar-refractivity contribution >= 4 is 22.5 Å². The number of hydrogen-bond donors (Lipinski definition) is 1. The lowest BCUT2D eigenvalue weighted by molar-refractivity contribution is 0.127. The van der Waals surface area contributed by atoms with Gasteiger partial charge in [0.15, 0.2) is 0 Å². The third-order valence-electron chi connectivity index (χ3n) is 4.17. The summed E-state index contributed by atoms with van der Waals surface area (Å²) in [7, 11) is 0. The van der Waals surface area contributed by atoms with Crippen molar-refractivity contribution in [2.75, 3.05) is 19.7 Å². The number of pyridine rings is 1. The van der Waals surface area contributed by atoms with E-state index in [1.807, 2.05) is 24.4 Å². The molecule has 1 N–H and O–H groups in total. The molecule has 1 fully saturated rings. The smallest absolute Gasteiger partial charge is 0.0761 e. The lowest BCUT2D eigenvalue weighted by Gasteiger charge is -2.31. The Bertz CT molecular complexity index is 594. The van der Waals surface area contributed by atoms with Gasteiger partial charge in [0.05, 0.1) is 5.52 Å². The Balaban J connectivity index is 1.82. The average molecular weight is 291 g/mol. The van der Waals surface area contributed by atoms with Gasteiger partial charge in [-0.25, -0.2) is 0 Å². The summed E-state index contributed by atoms with van der Waals surface area (Å²) in [6, 6.07) is 8.00. The lowest BCUT2D eigenvalue weighted by atomic mass is 9.97. The van der Waals surface area contributed by atoms with Crippen LogP contribution in [0.15, 0.2) is 30.5 Å². The number of fused-ring (bicyclic) bond motifs is 1. The number of aliphatic hydroxyl groups excluding tert-OH is 1. The SMILES string of the molecule is OCC1CCN(Cc2c(Cl)ccc3cccnc23)CC1. The van der Waals surface area contributed by atoms with Crippen LogP contribution in [0.1, 0.15) is 18.4 Å². The molecule has 1 aromatic carbocycles. The predicted molar refractivity (Wildman–Crippen MR) is 81.8 cm³/mol. The highest BCUT2D eigenvalue weighted by molar-refractivity contribution is 6.32. The molecule has 20 heavy (non-hydrogen) atoms. The highest BCUT2D eigenvalue weighted by Crippen LogP contribution is 2.27. The Morgan fingerprint density at radius 1 is 1.25 bits per heavy atom. The van der Waals surface area contributed by atoms with Crippen molar-refractivity contribution in [2.45, 2.75) is 19.4 Å². The second-order valence-electron chi connectivity index (χ2n) is 5.50. The first-order valence-corrected chi connectivity index (χ1v) is 7.51. The molecular weight excluding hydrogens is 272 g/mol. The molecule has 0 bridgehead atoms. The van der Waals surface area contributed by atoms with Crippen LogP contribution in [-0.2, 0) is 6.54 Å². The van der Waals surface area contributed by atoms with Crippen molar-refractivity contribution in [1.29, 1.82) is 0 Å². The number of aromatic nitrogens is 1. The van der Waals surface area contributed by atoms with Gasteiger partial charge in [-0.05, 0) is 44.0 Å². The quantitative estimate of drug-likeness (QED) is 0.944. The molecule has 2 heterocycles. The number of rotatable bonds is 3. The molecule has 1 saturated heterocycles. The van der Waals surface area contributed by atoms with Crippen LogP contribution in [0.4, 0.5) is 0 Å². The van der Waals surface area contributed by atoms with E-state index in [1.165, 1.54) is 0 Å². The van der Waals surface area contributed by atoms with Gasteiger partial charge in [0.25, 0.3) is 0 Å². The van der Waals surface area contributed by atoms with E-state index in [-0.39, 0.29) is 0 Å². The van der Waals surface area contributed by atoms with E-state index in [0.717, 1.165) is 54.0 Å². The molecule has 3 nitrogen and oxygen atoms in total. The van der Waals surface area contributed by atoms with Gasteiger partial charge >= 0.3 is 0 Å². The highest BCUT2D eigenvalue weighted by atomic mass is 35.5. The maximum atomic E-state index is 9.20. The first-order chi connectivity index (χ1) is 9.78. The Morgan fingerprint density at radius 2 is 2.05 bits per heavy atom. The van der Waals surface area contributed by atoms with Gasteiger partial charge in [-0.15, -0.1) is 0 Å². The van der Waals surface area contributed by atoms with Gasteiger partial charge in [-0.2, -0.15) is 0 Å². The van der Waals surface area contributed by atoms with Crippen LogP contribution in [0.2, 0.25) is 5.02 Å². The van der Waals surface area contributed by atoms with Crippen LogP contribution in [0.25, 0.3) is 10.9 Å². The van der Waals surface area contributed by atoms with Crippen molar-refractivity contribution in [3.63, 3.8) is 0 Å². The zero-order valence-electron chi connectivity index (χ0n) is 11.4. The standard InChI is InChI=1S/C16H19ClN2O/c17-15-4-3-13-2-1-7-18-16(13)14(15)10-19-8-5-12(11-20)6-9-19/h1-4,7,12,20H,5-6,8-11H2. The summed E-state index contributed by atoms with van der Waals surface area (Å²) >= 11 is 6.37. The summed E-state index contributed by atoms with van der Waals surface area (Å²) < 4.78 is 0. The summed E-state index contributed by atoms with van der Waals surface area (Å²) in [5, 5.41) is 11.1. The molecule has 3 rings (SSSR count). The van der Waals surface area contributed by atoms with Crippen LogP contribution in [0.3, 0.4) is 0 Å². The molecule has 4 heteroatoms. The van der Waals surface area contributed by atoms with Crippen LogP contribution < -0.4 is 0 Å².